The van der Waals surface area contributed by atoms with Crippen molar-refractivity contribution in [2.75, 3.05) is 19.6 Å². The van der Waals surface area contributed by atoms with Crippen molar-refractivity contribution in [2.45, 2.75) is 0 Å². The van der Waals surface area contributed by atoms with Crippen LogP contribution in [0.15, 0.2) is 38.0 Å². The number of quaternary nitrogens is 1. The van der Waals surface area contributed by atoms with Crippen LogP contribution in [0.1, 0.15) is 0 Å². The van der Waals surface area contributed by atoms with Crippen molar-refractivity contribution >= 4 is 0 Å². The standard InChI is InChI=1S/C9H15N.FH/c1-4-7-10(8-5-2)9-6-3;/h4-6H,1-3,7-9H2;1H. The summed E-state index contributed by atoms with van der Waals surface area (Å²) in [6.07, 6.45) is 5.76. The number of halogens is 1. The van der Waals surface area contributed by atoms with Crippen LogP contribution in [0.25, 0.3) is 0 Å². The van der Waals surface area contributed by atoms with Gasteiger partial charge in [-0.15, -0.1) is 0 Å². The molecule has 0 aromatic carbocycles. The first-order valence-electron chi connectivity index (χ1n) is 3.51. The van der Waals surface area contributed by atoms with Gasteiger partial charge in [-0.25, -0.2) is 0 Å². The lowest BCUT2D eigenvalue weighted by Gasteiger charge is -2.12. The average Bonchev–Trinajstić information content (AvgIpc) is 1.90. The van der Waals surface area contributed by atoms with Gasteiger partial charge in [0.25, 0.3) is 0 Å². The predicted octanol–water partition coefficient (Wildman–Crippen LogP) is -2.57. The predicted molar refractivity (Wildman–Crippen MR) is 46.2 cm³/mol. The van der Waals surface area contributed by atoms with Crippen molar-refractivity contribution in [1.29, 1.82) is 0 Å². The van der Waals surface area contributed by atoms with E-state index in [1.807, 2.05) is 18.2 Å². The molecule has 0 aliphatic heterocycles. The molecule has 0 radical (unpaired) electrons. The van der Waals surface area contributed by atoms with Crippen molar-refractivity contribution < 1.29 is 9.60 Å². The van der Waals surface area contributed by atoms with Gasteiger partial charge >= 0.3 is 0 Å². The van der Waals surface area contributed by atoms with Gasteiger partial charge in [0.15, 0.2) is 0 Å². The third kappa shape index (κ3) is 7.00. The first-order chi connectivity index (χ1) is 4.85. The van der Waals surface area contributed by atoms with E-state index in [1.54, 1.807) is 0 Å². The Hall–Kier alpha value is -0.890. The quantitative estimate of drug-likeness (QED) is 0.404. The highest BCUT2D eigenvalue weighted by Crippen LogP contribution is 1.59. The van der Waals surface area contributed by atoms with Crippen LogP contribution in [0.4, 0.5) is 0 Å². The van der Waals surface area contributed by atoms with Gasteiger partial charge in [-0.2, -0.15) is 0 Å². The van der Waals surface area contributed by atoms with E-state index in [1.165, 1.54) is 4.90 Å². The van der Waals surface area contributed by atoms with Crippen LogP contribution < -0.4 is 9.60 Å². The molecule has 0 atom stereocenters. The fourth-order valence-corrected chi connectivity index (χ4v) is 0.862. The molecule has 0 saturated carbocycles. The fraction of sp³-hybridized carbons (Fsp3) is 0.333. The molecule has 1 nitrogen and oxygen atoms in total. The molecule has 0 saturated heterocycles. The van der Waals surface area contributed by atoms with Crippen molar-refractivity contribution in [1.82, 2.24) is 0 Å². The molecule has 0 aliphatic rings. The summed E-state index contributed by atoms with van der Waals surface area (Å²) in [5.74, 6) is 0. The highest BCUT2D eigenvalue weighted by atomic mass is 19.0. The van der Waals surface area contributed by atoms with Gasteiger partial charge < -0.3 is 9.60 Å². The van der Waals surface area contributed by atoms with Crippen molar-refractivity contribution in [3.63, 3.8) is 0 Å². The maximum Gasteiger partial charge on any atom is 0.0960 e. The number of rotatable bonds is 6. The van der Waals surface area contributed by atoms with Crippen LogP contribution in [0.5, 0.6) is 0 Å². The lowest BCUT2D eigenvalue weighted by atomic mass is 10.4. The molecule has 2 heteroatoms. The zero-order valence-electron chi connectivity index (χ0n) is 6.85. The maximum atomic E-state index is 3.68. The zero-order valence-corrected chi connectivity index (χ0v) is 6.85. The van der Waals surface area contributed by atoms with E-state index in [0.29, 0.717) is 0 Å². The van der Waals surface area contributed by atoms with Gasteiger partial charge in [0, 0.05) is 0 Å². The number of hydrogen-bond donors (Lipinski definition) is 1. The molecule has 64 valence electrons. The SMILES string of the molecule is C=CC[NH+](CC=C)CC=C.[F-]. The largest absolute Gasteiger partial charge is 1.00 e. The van der Waals surface area contributed by atoms with E-state index < -0.39 is 0 Å². The lowest BCUT2D eigenvalue weighted by molar-refractivity contribution is -0.881. The Morgan fingerprint density at radius 3 is 1.27 bits per heavy atom. The summed E-state index contributed by atoms with van der Waals surface area (Å²) in [4.78, 5) is 1.43. The second kappa shape index (κ2) is 9.11. The van der Waals surface area contributed by atoms with Crippen LogP contribution in [0.3, 0.4) is 0 Å². The Kier molecular flexibility index (Phi) is 10.6. The first kappa shape index (κ1) is 12.8. The van der Waals surface area contributed by atoms with Crippen LogP contribution in [-0.4, -0.2) is 19.6 Å². The summed E-state index contributed by atoms with van der Waals surface area (Å²) in [6, 6.07) is 0. The minimum absolute atomic E-state index is 0. The summed E-state index contributed by atoms with van der Waals surface area (Å²) in [5.41, 5.74) is 0. The molecule has 0 bridgehead atoms. The van der Waals surface area contributed by atoms with Gasteiger partial charge in [-0.3, -0.25) is 0 Å². The molecule has 0 fully saturated rings. The van der Waals surface area contributed by atoms with E-state index in [-0.39, 0.29) is 4.70 Å². The summed E-state index contributed by atoms with van der Waals surface area (Å²) in [6.45, 7) is 14.0. The third-order valence-corrected chi connectivity index (χ3v) is 1.30. The second-order valence-corrected chi connectivity index (χ2v) is 2.23. The third-order valence-electron chi connectivity index (χ3n) is 1.30. The molecule has 1 N–H and O–H groups in total. The number of hydrogen-bond acceptors (Lipinski definition) is 0. The van der Waals surface area contributed by atoms with Crippen molar-refractivity contribution in [3.05, 3.63) is 38.0 Å². The van der Waals surface area contributed by atoms with Crippen LogP contribution >= 0.6 is 0 Å². The van der Waals surface area contributed by atoms with E-state index in [2.05, 4.69) is 19.7 Å². The minimum atomic E-state index is 0. The average molecular weight is 157 g/mol. The van der Waals surface area contributed by atoms with E-state index >= 15 is 0 Å². The van der Waals surface area contributed by atoms with E-state index in [0.717, 1.165) is 19.6 Å². The lowest BCUT2D eigenvalue weighted by Crippen LogP contribution is -3.11. The van der Waals surface area contributed by atoms with Crippen LogP contribution in [0, 0.1) is 0 Å². The van der Waals surface area contributed by atoms with Gasteiger partial charge in [0.05, 0.1) is 19.6 Å². The highest BCUT2D eigenvalue weighted by molar-refractivity contribution is 4.71. The molecule has 0 aromatic heterocycles. The Labute approximate surface area is 68.1 Å². The molecule has 0 heterocycles. The Bertz CT molecular complexity index is 97.0. The summed E-state index contributed by atoms with van der Waals surface area (Å²) < 4.78 is 0. The van der Waals surface area contributed by atoms with E-state index in [9.17, 15) is 0 Å². The molecule has 11 heavy (non-hydrogen) atoms. The Morgan fingerprint density at radius 1 is 0.818 bits per heavy atom. The van der Waals surface area contributed by atoms with Crippen molar-refractivity contribution in [2.24, 2.45) is 0 Å². The zero-order chi connectivity index (χ0) is 7.82. The van der Waals surface area contributed by atoms with Gasteiger partial charge in [-0.05, 0) is 18.2 Å². The highest BCUT2D eigenvalue weighted by Gasteiger charge is 1.97. The molecule has 0 aliphatic carbocycles. The number of nitrogens with one attached hydrogen (secondary N) is 1. The molecule has 0 unspecified atom stereocenters. The molecule has 0 amide bonds. The van der Waals surface area contributed by atoms with E-state index in [4.69, 9.17) is 0 Å². The topological polar surface area (TPSA) is 4.44 Å². The van der Waals surface area contributed by atoms with Crippen LogP contribution in [-0.2, 0) is 0 Å². The normalized spacial score (nSPS) is 8.45. The molecule has 0 aromatic rings. The first-order valence-corrected chi connectivity index (χ1v) is 3.51. The maximum absolute atomic E-state index is 3.68. The second-order valence-electron chi connectivity index (χ2n) is 2.23. The minimum Gasteiger partial charge on any atom is -1.00 e. The Balaban J connectivity index is 0. The molecule has 0 rings (SSSR count). The Morgan fingerprint density at radius 2 is 1.09 bits per heavy atom. The molecule has 0 spiro atoms. The van der Waals surface area contributed by atoms with Crippen LogP contribution in [0.2, 0.25) is 0 Å². The summed E-state index contributed by atoms with van der Waals surface area (Å²) in [7, 11) is 0. The summed E-state index contributed by atoms with van der Waals surface area (Å²) in [5, 5.41) is 0. The summed E-state index contributed by atoms with van der Waals surface area (Å²) >= 11 is 0. The van der Waals surface area contributed by atoms with Gasteiger partial charge in [-0.1, -0.05) is 19.7 Å². The fourth-order valence-electron chi connectivity index (χ4n) is 0.862. The molecular weight excluding hydrogens is 141 g/mol. The van der Waals surface area contributed by atoms with Crippen molar-refractivity contribution in [3.8, 4) is 0 Å². The van der Waals surface area contributed by atoms with Gasteiger partial charge in [0.2, 0.25) is 0 Å². The smallest absolute Gasteiger partial charge is 0.0960 e. The molecular formula is C9H16FN. The van der Waals surface area contributed by atoms with Gasteiger partial charge in [0.1, 0.15) is 0 Å². The monoisotopic (exact) mass is 157 g/mol.